The summed E-state index contributed by atoms with van der Waals surface area (Å²) in [6, 6.07) is 15.2. The number of methoxy groups -OCH3 is 1. The van der Waals surface area contributed by atoms with E-state index >= 15 is 0 Å². The molecule has 2 rings (SSSR count). The Kier molecular flexibility index (Phi) is 4.42. The Hall–Kier alpha value is -2.00. The maximum Gasteiger partial charge on any atom is 0.119 e. The number of ether oxygens (including phenoxy) is 1. The average molecular weight is 275 g/mol. The zero-order valence-corrected chi connectivity index (χ0v) is 11.6. The highest BCUT2D eigenvalue weighted by molar-refractivity contribution is 6.30. The van der Waals surface area contributed by atoms with Crippen LogP contribution in [0.4, 0.5) is 5.69 Å². The molecule has 0 saturated heterocycles. The van der Waals surface area contributed by atoms with Gasteiger partial charge in [-0.25, -0.2) is 0 Å². The molecule has 0 heterocycles. The van der Waals surface area contributed by atoms with Crippen molar-refractivity contribution in [1.82, 2.24) is 0 Å². The summed E-state index contributed by atoms with van der Waals surface area (Å²) < 4.78 is 5.19. The van der Waals surface area contributed by atoms with Gasteiger partial charge in [-0.3, -0.25) is 5.43 Å². The Morgan fingerprint density at radius 1 is 1.16 bits per heavy atom. The molecule has 0 bridgehead atoms. The minimum atomic E-state index is 0.680. The van der Waals surface area contributed by atoms with Crippen molar-refractivity contribution in [3.8, 4) is 5.75 Å². The van der Waals surface area contributed by atoms with Crippen molar-refractivity contribution in [2.45, 2.75) is 6.92 Å². The molecule has 0 radical (unpaired) electrons. The standard InChI is InChI=1S/C15H15ClN2O/c1-11(12-5-3-8-15(9-12)19-2)17-18-14-7-4-6-13(16)10-14/h3-10,18H,1-2H3/b17-11-. The molecular weight excluding hydrogens is 260 g/mol. The van der Waals surface area contributed by atoms with Crippen molar-refractivity contribution in [1.29, 1.82) is 0 Å². The van der Waals surface area contributed by atoms with E-state index in [1.807, 2.05) is 55.5 Å². The Morgan fingerprint density at radius 2 is 1.95 bits per heavy atom. The molecule has 2 aromatic carbocycles. The lowest BCUT2D eigenvalue weighted by Crippen LogP contribution is -2.00. The van der Waals surface area contributed by atoms with Crippen molar-refractivity contribution in [3.05, 3.63) is 59.1 Å². The molecule has 0 atom stereocenters. The van der Waals surface area contributed by atoms with Crippen LogP contribution in [0, 0.1) is 0 Å². The zero-order valence-electron chi connectivity index (χ0n) is 10.9. The molecule has 0 aromatic heterocycles. The van der Waals surface area contributed by atoms with Gasteiger partial charge in [-0.05, 0) is 37.3 Å². The molecule has 2 aromatic rings. The predicted octanol–water partition coefficient (Wildman–Crippen LogP) is 4.18. The SMILES string of the molecule is COc1cccc(/C(C)=N\Nc2cccc(Cl)c2)c1. The van der Waals surface area contributed by atoms with Gasteiger partial charge in [0.25, 0.3) is 0 Å². The van der Waals surface area contributed by atoms with Crippen LogP contribution in [-0.4, -0.2) is 12.8 Å². The molecule has 0 aliphatic rings. The van der Waals surface area contributed by atoms with E-state index in [-0.39, 0.29) is 0 Å². The van der Waals surface area contributed by atoms with E-state index in [0.717, 1.165) is 22.7 Å². The number of nitrogens with one attached hydrogen (secondary N) is 1. The molecule has 98 valence electrons. The van der Waals surface area contributed by atoms with Crippen LogP contribution in [0.1, 0.15) is 12.5 Å². The van der Waals surface area contributed by atoms with Gasteiger partial charge in [0.1, 0.15) is 5.75 Å². The Labute approximate surface area is 117 Å². The second-order valence-electron chi connectivity index (χ2n) is 4.05. The van der Waals surface area contributed by atoms with Gasteiger partial charge in [0.15, 0.2) is 0 Å². The topological polar surface area (TPSA) is 33.6 Å². The normalized spacial score (nSPS) is 11.2. The Balaban J connectivity index is 2.14. The first-order valence-corrected chi connectivity index (χ1v) is 6.27. The smallest absolute Gasteiger partial charge is 0.119 e. The fourth-order valence-corrected chi connectivity index (χ4v) is 1.81. The van der Waals surface area contributed by atoms with Gasteiger partial charge in [-0.2, -0.15) is 5.10 Å². The van der Waals surface area contributed by atoms with Crippen molar-refractivity contribution < 1.29 is 4.74 Å². The molecule has 0 unspecified atom stereocenters. The third-order valence-corrected chi connectivity index (χ3v) is 2.90. The summed E-state index contributed by atoms with van der Waals surface area (Å²) in [6.45, 7) is 1.94. The van der Waals surface area contributed by atoms with Crippen molar-refractivity contribution in [3.63, 3.8) is 0 Å². The lowest BCUT2D eigenvalue weighted by Gasteiger charge is -2.05. The number of rotatable bonds is 4. The Bertz CT molecular complexity index is 596. The molecule has 19 heavy (non-hydrogen) atoms. The largest absolute Gasteiger partial charge is 0.497 e. The first-order valence-electron chi connectivity index (χ1n) is 5.89. The molecule has 4 heteroatoms. The highest BCUT2D eigenvalue weighted by Crippen LogP contribution is 2.16. The summed E-state index contributed by atoms with van der Waals surface area (Å²) >= 11 is 5.91. The molecule has 3 nitrogen and oxygen atoms in total. The van der Waals surface area contributed by atoms with E-state index in [1.54, 1.807) is 7.11 Å². The number of hydrogen-bond donors (Lipinski definition) is 1. The van der Waals surface area contributed by atoms with Crippen LogP contribution in [0.25, 0.3) is 0 Å². The van der Waals surface area contributed by atoms with Crippen molar-refractivity contribution in [2.75, 3.05) is 12.5 Å². The first kappa shape index (κ1) is 13.4. The van der Waals surface area contributed by atoms with E-state index < -0.39 is 0 Å². The lowest BCUT2D eigenvalue weighted by atomic mass is 10.1. The number of nitrogens with zero attached hydrogens (tertiary/aromatic N) is 1. The van der Waals surface area contributed by atoms with Crippen LogP contribution < -0.4 is 10.2 Å². The van der Waals surface area contributed by atoms with E-state index in [0.29, 0.717) is 5.02 Å². The fourth-order valence-electron chi connectivity index (χ4n) is 1.62. The molecule has 0 aliphatic heterocycles. The highest BCUT2D eigenvalue weighted by Gasteiger charge is 1.99. The quantitative estimate of drug-likeness (QED) is 0.670. The van der Waals surface area contributed by atoms with E-state index in [4.69, 9.17) is 16.3 Å². The van der Waals surface area contributed by atoms with Gasteiger partial charge in [0.2, 0.25) is 0 Å². The molecule has 0 spiro atoms. The number of halogens is 1. The van der Waals surface area contributed by atoms with Crippen LogP contribution in [0.3, 0.4) is 0 Å². The first-order chi connectivity index (χ1) is 9.19. The Morgan fingerprint density at radius 3 is 2.68 bits per heavy atom. The summed E-state index contributed by atoms with van der Waals surface area (Å²) in [5.41, 5.74) is 5.72. The summed E-state index contributed by atoms with van der Waals surface area (Å²) in [4.78, 5) is 0. The summed E-state index contributed by atoms with van der Waals surface area (Å²) in [5.74, 6) is 0.815. The monoisotopic (exact) mass is 274 g/mol. The van der Waals surface area contributed by atoms with Crippen molar-refractivity contribution >= 4 is 23.0 Å². The second kappa shape index (κ2) is 6.25. The van der Waals surface area contributed by atoms with Crippen LogP contribution >= 0.6 is 11.6 Å². The molecule has 1 N–H and O–H groups in total. The van der Waals surface area contributed by atoms with Gasteiger partial charge >= 0.3 is 0 Å². The van der Waals surface area contributed by atoms with E-state index in [1.165, 1.54) is 0 Å². The third-order valence-electron chi connectivity index (χ3n) is 2.66. The van der Waals surface area contributed by atoms with Gasteiger partial charge < -0.3 is 4.74 Å². The molecule has 0 aliphatic carbocycles. The molecular formula is C15H15ClN2O. The molecule has 0 saturated carbocycles. The number of benzene rings is 2. The summed E-state index contributed by atoms with van der Waals surface area (Å²) in [7, 11) is 1.65. The van der Waals surface area contributed by atoms with Gasteiger partial charge in [0, 0.05) is 10.6 Å². The molecule has 0 amide bonds. The fraction of sp³-hybridized carbons (Fsp3) is 0.133. The van der Waals surface area contributed by atoms with Crippen molar-refractivity contribution in [2.24, 2.45) is 5.10 Å². The lowest BCUT2D eigenvalue weighted by molar-refractivity contribution is 0.414. The maximum absolute atomic E-state index is 5.91. The van der Waals surface area contributed by atoms with Crippen LogP contribution in [-0.2, 0) is 0 Å². The van der Waals surface area contributed by atoms with E-state index in [2.05, 4.69) is 10.5 Å². The zero-order chi connectivity index (χ0) is 13.7. The number of anilines is 1. The number of hydrogen-bond acceptors (Lipinski definition) is 3. The van der Waals surface area contributed by atoms with Crippen LogP contribution in [0.5, 0.6) is 5.75 Å². The van der Waals surface area contributed by atoms with E-state index in [9.17, 15) is 0 Å². The maximum atomic E-state index is 5.91. The highest BCUT2D eigenvalue weighted by atomic mass is 35.5. The van der Waals surface area contributed by atoms with Gasteiger partial charge in [-0.1, -0.05) is 29.8 Å². The molecule has 0 fully saturated rings. The number of hydrazone groups is 1. The summed E-state index contributed by atoms with van der Waals surface area (Å²) in [6.07, 6.45) is 0. The van der Waals surface area contributed by atoms with Gasteiger partial charge in [-0.15, -0.1) is 0 Å². The van der Waals surface area contributed by atoms with Crippen LogP contribution in [0.15, 0.2) is 53.6 Å². The van der Waals surface area contributed by atoms with Crippen LogP contribution in [0.2, 0.25) is 5.02 Å². The minimum Gasteiger partial charge on any atom is -0.497 e. The average Bonchev–Trinajstić information content (AvgIpc) is 2.45. The summed E-state index contributed by atoms with van der Waals surface area (Å²) in [5, 5.41) is 5.01. The third kappa shape index (κ3) is 3.73. The minimum absolute atomic E-state index is 0.680. The van der Waals surface area contributed by atoms with Gasteiger partial charge in [0.05, 0.1) is 18.5 Å². The predicted molar refractivity (Wildman–Crippen MR) is 80.3 cm³/mol. The second-order valence-corrected chi connectivity index (χ2v) is 4.49.